The maximum Gasteiger partial charge on any atom is 0.168 e. The molecule has 2 N–H and O–H groups in total. The number of nitrogens with zero attached hydrogens (tertiary/aromatic N) is 3. The summed E-state index contributed by atoms with van der Waals surface area (Å²) in [6, 6.07) is 11.4. The Labute approximate surface area is 183 Å². The number of benzene rings is 2. The summed E-state index contributed by atoms with van der Waals surface area (Å²) in [6.07, 6.45) is 2.27. The van der Waals surface area contributed by atoms with Crippen LogP contribution in [0, 0.1) is 35.1 Å². The van der Waals surface area contributed by atoms with Gasteiger partial charge >= 0.3 is 0 Å². The summed E-state index contributed by atoms with van der Waals surface area (Å²) in [5.74, 6) is -2.34. The highest BCUT2D eigenvalue weighted by molar-refractivity contribution is 5.61. The van der Waals surface area contributed by atoms with E-state index in [0.717, 1.165) is 18.9 Å². The first-order valence-corrected chi connectivity index (χ1v) is 10.6. The van der Waals surface area contributed by atoms with Gasteiger partial charge in [0.15, 0.2) is 17.5 Å². The first kappa shape index (κ1) is 20.9. The number of aromatic nitrogens is 2. The molecule has 5 rings (SSSR count). The van der Waals surface area contributed by atoms with Crippen molar-refractivity contribution in [1.82, 2.24) is 10.2 Å². The van der Waals surface area contributed by atoms with Gasteiger partial charge in [0, 0.05) is 30.3 Å². The second kappa shape index (κ2) is 8.16. The molecule has 32 heavy (non-hydrogen) atoms. The van der Waals surface area contributed by atoms with Gasteiger partial charge in [0.25, 0.3) is 0 Å². The van der Waals surface area contributed by atoms with E-state index in [4.69, 9.17) is 5.73 Å². The SMILES string of the molecule is N[C@H]1C[C@@H]2CN(c3ccc(-c4cc(F)cc(F)c4F)nn3)[C@@H](Cc3ccccc3F)[C@H]2C1. The lowest BCUT2D eigenvalue weighted by molar-refractivity contribution is 0.413. The summed E-state index contributed by atoms with van der Waals surface area (Å²) in [5.41, 5.74) is 6.59. The van der Waals surface area contributed by atoms with Gasteiger partial charge in [-0.25, -0.2) is 17.6 Å². The second-order valence-corrected chi connectivity index (χ2v) is 8.70. The smallest absolute Gasteiger partial charge is 0.168 e. The molecule has 0 radical (unpaired) electrons. The summed E-state index contributed by atoms with van der Waals surface area (Å²) in [6.45, 7) is 0.717. The van der Waals surface area contributed by atoms with Crippen molar-refractivity contribution in [2.24, 2.45) is 17.6 Å². The lowest BCUT2D eigenvalue weighted by Crippen LogP contribution is -2.37. The lowest BCUT2D eigenvalue weighted by Gasteiger charge is -2.29. The van der Waals surface area contributed by atoms with Crippen LogP contribution in [0.15, 0.2) is 48.5 Å². The lowest BCUT2D eigenvalue weighted by atomic mass is 9.89. The van der Waals surface area contributed by atoms with E-state index in [2.05, 4.69) is 15.1 Å². The predicted octanol–water partition coefficient (Wildman–Crippen LogP) is 4.48. The highest BCUT2D eigenvalue weighted by Crippen LogP contribution is 2.44. The molecule has 0 bridgehead atoms. The van der Waals surface area contributed by atoms with Crippen LogP contribution in [-0.2, 0) is 6.42 Å². The molecule has 0 amide bonds. The van der Waals surface area contributed by atoms with Gasteiger partial charge in [-0.3, -0.25) is 0 Å². The Balaban J connectivity index is 1.46. The molecule has 0 spiro atoms. The average molecular weight is 442 g/mol. The van der Waals surface area contributed by atoms with Crippen molar-refractivity contribution in [1.29, 1.82) is 0 Å². The molecule has 1 aliphatic heterocycles. The van der Waals surface area contributed by atoms with Crippen molar-refractivity contribution in [3.63, 3.8) is 0 Å². The fourth-order valence-corrected chi connectivity index (χ4v) is 5.28. The Bertz CT molecular complexity index is 1140. The quantitative estimate of drug-likeness (QED) is 0.478. The Morgan fingerprint density at radius 1 is 0.938 bits per heavy atom. The van der Waals surface area contributed by atoms with Crippen LogP contribution in [0.5, 0.6) is 0 Å². The summed E-state index contributed by atoms with van der Waals surface area (Å²) in [7, 11) is 0. The van der Waals surface area contributed by atoms with Crippen molar-refractivity contribution >= 4 is 5.82 Å². The number of fused-ring (bicyclic) bond motifs is 1. The maximum atomic E-state index is 14.4. The molecule has 166 valence electrons. The van der Waals surface area contributed by atoms with Gasteiger partial charge in [0.2, 0.25) is 0 Å². The first-order valence-electron chi connectivity index (χ1n) is 10.6. The monoisotopic (exact) mass is 442 g/mol. The zero-order valence-electron chi connectivity index (χ0n) is 17.2. The van der Waals surface area contributed by atoms with Gasteiger partial charge in [0.1, 0.15) is 11.6 Å². The molecule has 1 aromatic heterocycles. The summed E-state index contributed by atoms with van der Waals surface area (Å²) in [4.78, 5) is 2.10. The van der Waals surface area contributed by atoms with E-state index >= 15 is 0 Å². The molecular formula is C24H22F4N4. The second-order valence-electron chi connectivity index (χ2n) is 8.70. The highest BCUT2D eigenvalue weighted by Gasteiger charge is 2.47. The molecule has 2 heterocycles. The molecule has 0 unspecified atom stereocenters. The van der Waals surface area contributed by atoms with E-state index in [1.54, 1.807) is 18.2 Å². The normalized spacial score (nSPS) is 24.7. The molecule has 2 aromatic carbocycles. The number of hydrogen-bond acceptors (Lipinski definition) is 4. The van der Waals surface area contributed by atoms with Crippen LogP contribution >= 0.6 is 0 Å². The molecule has 2 fully saturated rings. The van der Waals surface area contributed by atoms with Crippen LogP contribution in [-0.4, -0.2) is 28.8 Å². The number of hydrogen-bond donors (Lipinski definition) is 1. The standard InChI is InChI=1S/C24H22F4N4/c25-15-9-18(24(28)20(27)10-15)21-5-6-23(31-30-21)32-12-14-7-16(29)11-17(14)22(32)8-13-3-1-2-4-19(13)26/h1-6,9-10,14,16-17,22H,7-8,11-12,29H2/t14-,16+,17+,22+/m1/s1. The molecule has 1 aliphatic carbocycles. The topological polar surface area (TPSA) is 55.0 Å². The molecule has 1 saturated carbocycles. The Morgan fingerprint density at radius 3 is 2.50 bits per heavy atom. The fraction of sp³-hybridized carbons (Fsp3) is 0.333. The third-order valence-corrected chi connectivity index (χ3v) is 6.71. The van der Waals surface area contributed by atoms with Crippen LogP contribution in [0.25, 0.3) is 11.3 Å². The van der Waals surface area contributed by atoms with E-state index in [1.807, 2.05) is 6.07 Å². The Kier molecular flexibility index (Phi) is 5.33. The van der Waals surface area contributed by atoms with Gasteiger partial charge in [-0.15, -0.1) is 10.2 Å². The molecule has 4 nitrogen and oxygen atoms in total. The average Bonchev–Trinajstić information content (AvgIpc) is 3.29. The molecule has 2 aliphatic rings. The van der Waals surface area contributed by atoms with Crippen LogP contribution in [0.1, 0.15) is 18.4 Å². The zero-order chi connectivity index (χ0) is 22.4. The van der Waals surface area contributed by atoms with Gasteiger partial charge in [-0.2, -0.15) is 0 Å². The minimum absolute atomic E-state index is 0.00560. The van der Waals surface area contributed by atoms with Gasteiger partial charge in [-0.05, 0) is 60.9 Å². The van der Waals surface area contributed by atoms with Crippen molar-refractivity contribution < 1.29 is 17.6 Å². The minimum atomic E-state index is -1.28. The number of rotatable bonds is 4. The predicted molar refractivity (Wildman–Crippen MR) is 113 cm³/mol. The van der Waals surface area contributed by atoms with Crippen molar-refractivity contribution in [3.8, 4) is 11.3 Å². The molecule has 8 heteroatoms. The van der Waals surface area contributed by atoms with Gasteiger partial charge in [0.05, 0.1) is 5.69 Å². The molecular weight excluding hydrogens is 420 g/mol. The summed E-state index contributed by atoms with van der Waals surface area (Å²) < 4.78 is 55.7. The van der Waals surface area contributed by atoms with E-state index in [-0.39, 0.29) is 29.2 Å². The Hall–Kier alpha value is -3.00. The summed E-state index contributed by atoms with van der Waals surface area (Å²) in [5, 5.41) is 8.28. The first-order chi connectivity index (χ1) is 15.4. The van der Waals surface area contributed by atoms with Crippen LogP contribution < -0.4 is 10.6 Å². The molecule has 3 aromatic rings. The number of halogens is 4. The molecule has 4 atom stereocenters. The van der Waals surface area contributed by atoms with Crippen LogP contribution in [0.2, 0.25) is 0 Å². The third kappa shape index (κ3) is 3.72. The van der Waals surface area contributed by atoms with Crippen molar-refractivity contribution in [3.05, 3.63) is 77.4 Å². The fourth-order valence-electron chi connectivity index (χ4n) is 5.28. The van der Waals surface area contributed by atoms with E-state index in [1.165, 1.54) is 12.1 Å². The van der Waals surface area contributed by atoms with Crippen LogP contribution in [0.3, 0.4) is 0 Å². The summed E-state index contributed by atoms with van der Waals surface area (Å²) >= 11 is 0. The van der Waals surface area contributed by atoms with Gasteiger partial charge in [-0.1, -0.05) is 18.2 Å². The molecule has 1 saturated heterocycles. The third-order valence-electron chi connectivity index (χ3n) is 6.71. The maximum absolute atomic E-state index is 14.4. The Morgan fingerprint density at radius 2 is 1.75 bits per heavy atom. The minimum Gasteiger partial charge on any atom is -0.351 e. The van der Waals surface area contributed by atoms with E-state index in [9.17, 15) is 17.6 Å². The van der Waals surface area contributed by atoms with Crippen molar-refractivity contribution in [2.75, 3.05) is 11.4 Å². The highest BCUT2D eigenvalue weighted by atomic mass is 19.2. The number of nitrogens with two attached hydrogens (primary N) is 1. The zero-order valence-corrected chi connectivity index (χ0v) is 17.2. The largest absolute Gasteiger partial charge is 0.351 e. The van der Waals surface area contributed by atoms with Crippen molar-refractivity contribution in [2.45, 2.75) is 31.3 Å². The number of anilines is 1. The van der Waals surface area contributed by atoms with Crippen LogP contribution in [0.4, 0.5) is 23.4 Å². The van der Waals surface area contributed by atoms with Gasteiger partial charge < -0.3 is 10.6 Å². The van der Waals surface area contributed by atoms with E-state index < -0.39 is 17.5 Å². The van der Waals surface area contributed by atoms with E-state index in [0.29, 0.717) is 42.2 Å².